The van der Waals surface area contributed by atoms with Crippen LogP contribution in [-0.2, 0) is 0 Å². The van der Waals surface area contributed by atoms with Crippen LogP contribution in [0.3, 0.4) is 0 Å². The fraction of sp³-hybridized carbons (Fsp3) is 0.435. The number of urea groups is 1. The number of aliphatic hydroxyl groups is 1. The molecule has 2 amide bonds. The van der Waals surface area contributed by atoms with Gasteiger partial charge in [0.1, 0.15) is 0 Å². The predicted octanol–water partition coefficient (Wildman–Crippen LogP) is 3.45. The van der Waals surface area contributed by atoms with Crippen molar-refractivity contribution >= 4 is 6.03 Å². The van der Waals surface area contributed by atoms with Crippen LogP contribution in [0.5, 0.6) is 0 Å². The SMILES string of the molecule is O=C(NCC1CC2c3ccccc3C1c1ccccc12)N(CCO)C1CC1. The minimum atomic E-state index is -0.0189. The lowest BCUT2D eigenvalue weighted by Gasteiger charge is -2.45. The van der Waals surface area contributed by atoms with Crippen molar-refractivity contribution in [2.24, 2.45) is 5.92 Å². The molecule has 0 aromatic heterocycles. The van der Waals surface area contributed by atoms with E-state index in [4.69, 9.17) is 0 Å². The lowest BCUT2D eigenvalue weighted by molar-refractivity contribution is 0.171. The molecule has 0 aliphatic heterocycles. The highest BCUT2D eigenvalue weighted by molar-refractivity contribution is 5.75. The largest absolute Gasteiger partial charge is 0.395 e. The molecule has 0 spiro atoms. The summed E-state index contributed by atoms with van der Waals surface area (Å²) in [4.78, 5) is 14.5. The molecule has 6 rings (SSSR count). The van der Waals surface area contributed by atoms with Gasteiger partial charge in [0.25, 0.3) is 0 Å². The molecule has 4 aliphatic rings. The van der Waals surface area contributed by atoms with Gasteiger partial charge in [-0.15, -0.1) is 0 Å². The van der Waals surface area contributed by atoms with E-state index in [1.165, 1.54) is 22.3 Å². The molecule has 2 aromatic rings. The lowest BCUT2D eigenvalue weighted by atomic mass is 9.59. The first-order chi connectivity index (χ1) is 13.3. The molecule has 0 heterocycles. The van der Waals surface area contributed by atoms with Crippen LogP contribution >= 0.6 is 0 Å². The number of hydrogen-bond donors (Lipinski definition) is 2. The number of carbonyl (C=O) groups is 1. The maximum Gasteiger partial charge on any atom is 0.317 e. The Balaban J connectivity index is 1.38. The first-order valence-electron chi connectivity index (χ1n) is 10.1. The van der Waals surface area contributed by atoms with Crippen molar-refractivity contribution in [2.75, 3.05) is 19.7 Å². The Hall–Kier alpha value is -2.33. The van der Waals surface area contributed by atoms with Crippen LogP contribution in [0.2, 0.25) is 0 Å². The molecular formula is C23H26N2O2. The summed E-state index contributed by atoms with van der Waals surface area (Å²) in [7, 11) is 0. The molecule has 0 radical (unpaired) electrons. The highest BCUT2D eigenvalue weighted by atomic mass is 16.3. The maximum atomic E-state index is 12.7. The summed E-state index contributed by atoms with van der Waals surface area (Å²) in [6, 6.07) is 17.9. The van der Waals surface area contributed by atoms with Gasteiger partial charge in [-0.25, -0.2) is 4.79 Å². The smallest absolute Gasteiger partial charge is 0.317 e. The highest BCUT2D eigenvalue weighted by Crippen LogP contribution is 2.55. The van der Waals surface area contributed by atoms with Gasteiger partial charge < -0.3 is 15.3 Å². The van der Waals surface area contributed by atoms with E-state index in [1.807, 2.05) is 4.90 Å². The summed E-state index contributed by atoms with van der Waals surface area (Å²) in [6.07, 6.45) is 3.20. The molecule has 0 saturated heterocycles. The van der Waals surface area contributed by atoms with Gasteiger partial charge in [0.15, 0.2) is 0 Å². The predicted molar refractivity (Wildman–Crippen MR) is 105 cm³/mol. The Kier molecular flexibility index (Phi) is 4.16. The van der Waals surface area contributed by atoms with Crippen molar-refractivity contribution in [2.45, 2.75) is 37.1 Å². The summed E-state index contributed by atoms with van der Waals surface area (Å²) in [6.45, 7) is 1.15. The van der Waals surface area contributed by atoms with Gasteiger partial charge in [-0.2, -0.15) is 0 Å². The first-order valence-corrected chi connectivity index (χ1v) is 10.1. The lowest BCUT2D eigenvalue weighted by Crippen LogP contribution is -2.46. The molecule has 4 heteroatoms. The zero-order valence-electron chi connectivity index (χ0n) is 15.5. The third kappa shape index (κ3) is 2.83. The quantitative estimate of drug-likeness (QED) is 0.856. The molecule has 4 nitrogen and oxygen atoms in total. The van der Waals surface area contributed by atoms with E-state index in [9.17, 15) is 9.90 Å². The molecular weight excluding hydrogens is 336 g/mol. The van der Waals surface area contributed by atoms with Crippen molar-refractivity contribution in [3.8, 4) is 0 Å². The maximum absolute atomic E-state index is 12.7. The molecule has 4 aliphatic carbocycles. The number of hydrogen-bond acceptors (Lipinski definition) is 2. The first kappa shape index (κ1) is 16.8. The Bertz CT molecular complexity index is 813. The monoisotopic (exact) mass is 362 g/mol. The number of carbonyl (C=O) groups excluding carboxylic acids is 1. The van der Waals surface area contributed by atoms with Crippen molar-refractivity contribution < 1.29 is 9.90 Å². The number of rotatable bonds is 5. The average Bonchev–Trinajstić information content (AvgIpc) is 3.55. The van der Waals surface area contributed by atoms with Crippen molar-refractivity contribution in [1.29, 1.82) is 0 Å². The van der Waals surface area contributed by atoms with Crippen LogP contribution in [-0.4, -0.2) is 41.8 Å². The zero-order valence-corrected chi connectivity index (χ0v) is 15.5. The summed E-state index contributed by atoms with van der Waals surface area (Å²) in [5.41, 5.74) is 5.79. The summed E-state index contributed by atoms with van der Waals surface area (Å²) < 4.78 is 0. The number of nitrogens with one attached hydrogen (secondary N) is 1. The van der Waals surface area contributed by atoms with Gasteiger partial charge in [-0.3, -0.25) is 0 Å². The molecule has 140 valence electrons. The van der Waals surface area contributed by atoms with E-state index in [2.05, 4.69) is 53.8 Å². The topological polar surface area (TPSA) is 52.6 Å². The van der Waals surface area contributed by atoms with Gasteiger partial charge >= 0.3 is 6.03 Å². The van der Waals surface area contributed by atoms with Crippen molar-refractivity contribution in [3.05, 3.63) is 70.8 Å². The third-order valence-electron chi connectivity index (χ3n) is 6.53. The Morgan fingerprint density at radius 1 is 1.00 bits per heavy atom. The van der Waals surface area contributed by atoms with Crippen LogP contribution in [0.15, 0.2) is 48.5 Å². The molecule has 1 saturated carbocycles. The molecule has 27 heavy (non-hydrogen) atoms. The molecule has 1 unspecified atom stereocenters. The zero-order chi connectivity index (χ0) is 18.4. The Morgan fingerprint density at radius 2 is 1.59 bits per heavy atom. The summed E-state index contributed by atoms with van der Waals surface area (Å²) >= 11 is 0. The van der Waals surface area contributed by atoms with Crippen LogP contribution in [0.25, 0.3) is 0 Å². The van der Waals surface area contributed by atoms with Crippen LogP contribution < -0.4 is 5.32 Å². The van der Waals surface area contributed by atoms with Crippen LogP contribution in [0, 0.1) is 5.92 Å². The van der Waals surface area contributed by atoms with E-state index in [0.29, 0.717) is 36.9 Å². The molecule has 2 bridgehead atoms. The molecule has 1 fully saturated rings. The average molecular weight is 362 g/mol. The Labute approximate surface area is 160 Å². The van der Waals surface area contributed by atoms with E-state index < -0.39 is 0 Å². The normalized spacial score (nSPS) is 24.9. The highest BCUT2D eigenvalue weighted by Gasteiger charge is 2.43. The van der Waals surface area contributed by atoms with E-state index in [1.54, 1.807) is 0 Å². The molecule has 1 atom stereocenters. The standard InChI is InChI=1S/C23H26N2O2/c26-12-11-25(16-9-10-16)23(27)24-14-15-13-21-17-5-1-3-7-19(17)22(15)20-8-4-2-6-18(20)21/h1-8,15-16,21-22,26H,9-14H2,(H,24,27). The van der Waals surface area contributed by atoms with Gasteiger partial charge in [0.05, 0.1) is 6.61 Å². The summed E-state index contributed by atoms with van der Waals surface area (Å²) in [5.74, 6) is 1.20. The number of fused-ring (bicyclic) bond motifs is 1. The van der Waals surface area contributed by atoms with Crippen LogP contribution in [0.4, 0.5) is 4.79 Å². The number of nitrogens with zero attached hydrogens (tertiary/aromatic N) is 1. The molecule has 2 aromatic carbocycles. The number of aliphatic hydroxyl groups excluding tert-OH is 1. The number of benzene rings is 2. The van der Waals surface area contributed by atoms with Crippen molar-refractivity contribution in [1.82, 2.24) is 10.2 Å². The third-order valence-corrected chi connectivity index (χ3v) is 6.53. The van der Waals surface area contributed by atoms with Gasteiger partial charge in [-0.1, -0.05) is 48.5 Å². The second-order valence-electron chi connectivity index (χ2n) is 8.12. The second kappa shape index (κ2) is 6.68. The Morgan fingerprint density at radius 3 is 2.15 bits per heavy atom. The fourth-order valence-electron chi connectivity index (χ4n) is 5.22. The number of amides is 2. The van der Waals surface area contributed by atoms with Gasteiger partial charge in [0, 0.05) is 31.0 Å². The molecule has 2 N–H and O–H groups in total. The summed E-state index contributed by atoms with van der Waals surface area (Å²) in [5, 5.41) is 12.4. The van der Waals surface area contributed by atoms with Crippen LogP contribution in [0.1, 0.15) is 53.4 Å². The minimum absolute atomic E-state index is 0.0189. The van der Waals surface area contributed by atoms with Crippen molar-refractivity contribution in [3.63, 3.8) is 0 Å². The minimum Gasteiger partial charge on any atom is -0.395 e. The van der Waals surface area contributed by atoms with E-state index >= 15 is 0 Å². The van der Waals surface area contributed by atoms with E-state index in [-0.39, 0.29) is 12.6 Å². The van der Waals surface area contributed by atoms with Gasteiger partial charge in [-0.05, 0) is 47.4 Å². The second-order valence-corrected chi connectivity index (χ2v) is 8.12. The van der Waals surface area contributed by atoms with Gasteiger partial charge in [0.2, 0.25) is 0 Å². The fourth-order valence-corrected chi connectivity index (χ4v) is 5.22. The van der Waals surface area contributed by atoms with E-state index in [0.717, 1.165) is 19.3 Å².